The lowest BCUT2D eigenvalue weighted by Crippen LogP contribution is -2.14. The van der Waals surface area contributed by atoms with Gasteiger partial charge in [-0.05, 0) is 31.2 Å². The highest BCUT2D eigenvalue weighted by Gasteiger charge is 2.23. The van der Waals surface area contributed by atoms with Crippen molar-refractivity contribution in [2.45, 2.75) is 51.6 Å². The Morgan fingerprint density at radius 2 is 1.82 bits per heavy atom. The summed E-state index contributed by atoms with van der Waals surface area (Å²) in [5, 5.41) is 10.5. The molecule has 17 heavy (non-hydrogen) atoms. The molecule has 1 saturated carbocycles. The maximum atomic E-state index is 10.5. The van der Waals surface area contributed by atoms with Crippen LogP contribution in [0.3, 0.4) is 0 Å². The molecule has 1 aliphatic carbocycles. The molecule has 1 aromatic rings. The van der Waals surface area contributed by atoms with E-state index in [2.05, 4.69) is 0 Å². The van der Waals surface area contributed by atoms with Gasteiger partial charge in [0.25, 0.3) is 0 Å². The molecule has 2 rings (SSSR count). The monoisotopic (exact) mass is 233 g/mol. The zero-order valence-electron chi connectivity index (χ0n) is 10.7. The van der Waals surface area contributed by atoms with Gasteiger partial charge in [0.1, 0.15) is 0 Å². The second kappa shape index (κ2) is 5.54. The van der Waals surface area contributed by atoms with Gasteiger partial charge < -0.3 is 10.8 Å². The fourth-order valence-electron chi connectivity index (χ4n) is 2.84. The molecule has 2 nitrogen and oxygen atoms in total. The van der Waals surface area contributed by atoms with Crippen LogP contribution in [0.15, 0.2) is 18.2 Å². The summed E-state index contributed by atoms with van der Waals surface area (Å²) in [5.41, 5.74) is 8.83. The summed E-state index contributed by atoms with van der Waals surface area (Å²) < 4.78 is 0. The van der Waals surface area contributed by atoms with Crippen LogP contribution in [0.1, 0.15) is 55.8 Å². The van der Waals surface area contributed by atoms with Crippen LogP contribution in [-0.2, 0) is 0 Å². The van der Waals surface area contributed by atoms with E-state index >= 15 is 0 Å². The van der Waals surface area contributed by atoms with Gasteiger partial charge in [0.2, 0.25) is 0 Å². The molecule has 0 aliphatic heterocycles. The fourth-order valence-corrected chi connectivity index (χ4v) is 2.84. The van der Waals surface area contributed by atoms with Crippen molar-refractivity contribution in [3.63, 3.8) is 0 Å². The summed E-state index contributed by atoms with van der Waals surface area (Å²) >= 11 is 0. The molecule has 0 radical (unpaired) electrons. The molecule has 1 aliphatic rings. The van der Waals surface area contributed by atoms with Crippen LogP contribution in [0.2, 0.25) is 0 Å². The minimum absolute atomic E-state index is 0.381. The lowest BCUT2D eigenvalue weighted by molar-refractivity contribution is 0.0994. The Morgan fingerprint density at radius 3 is 2.47 bits per heavy atom. The van der Waals surface area contributed by atoms with E-state index in [1.807, 2.05) is 25.1 Å². The number of rotatable bonds is 2. The predicted octanol–water partition coefficient (Wildman–Crippen LogP) is 3.58. The van der Waals surface area contributed by atoms with Crippen molar-refractivity contribution in [1.29, 1.82) is 0 Å². The average Bonchev–Trinajstić information content (AvgIpc) is 2.60. The van der Waals surface area contributed by atoms with Crippen molar-refractivity contribution in [1.82, 2.24) is 0 Å². The zero-order valence-corrected chi connectivity index (χ0v) is 10.7. The van der Waals surface area contributed by atoms with Crippen LogP contribution >= 0.6 is 0 Å². The maximum absolute atomic E-state index is 10.5. The molecule has 3 N–H and O–H groups in total. The first kappa shape index (κ1) is 12.4. The highest BCUT2D eigenvalue weighted by Crippen LogP contribution is 2.36. The summed E-state index contributed by atoms with van der Waals surface area (Å²) in [6.07, 6.45) is 7.00. The lowest BCUT2D eigenvalue weighted by atomic mass is 9.88. The number of benzene rings is 1. The highest BCUT2D eigenvalue weighted by atomic mass is 16.3. The number of aryl methyl sites for hydroxylation is 1. The van der Waals surface area contributed by atoms with Gasteiger partial charge in [-0.25, -0.2) is 0 Å². The molecule has 2 heteroatoms. The van der Waals surface area contributed by atoms with Gasteiger partial charge in [-0.15, -0.1) is 0 Å². The Hall–Kier alpha value is -1.02. The number of para-hydroxylation sites is 1. The third-order valence-corrected chi connectivity index (χ3v) is 4.02. The smallest absolute Gasteiger partial charge is 0.0838 e. The second-order valence-corrected chi connectivity index (χ2v) is 5.27. The molecule has 0 spiro atoms. The first-order valence-corrected chi connectivity index (χ1v) is 6.73. The molecule has 0 saturated heterocycles. The lowest BCUT2D eigenvalue weighted by Gasteiger charge is -2.23. The Labute approximate surface area is 104 Å². The number of anilines is 1. The Balaban J connectivity index is 2.17. The quantitative estimate of drug-likeness (QED) is 0.606. The number of aliphatic hydroxyl groups excluding tert-OH is 1. The van der Waals surface area contributed by atoms with E-state index in [1.165, 1.54) is 25.7 Å². The SMILES string of the molecule is Cc1cccc(C(O)C2CCCCCC2)c1N. The number of nitrogens with two attached hydrogens (primary N) is 1. The molecule has 0 bridgehead atoms. The molecule has 94 valence electrons. The molecule has 1 fully saturated rings. The molecule has 1 atom stereocenters. The van der Waals surface area contributed by atoms with Gasteiger partial charge >= 0.3 is 0 Å². The molecular weight excluding hydrogens is 210 g/mol. The van der Waals surface area contributed by atoms with Crippen LogP contribution < -0.4 is 5.73 Å². The highest BCUT2D eigenvalue weighted by molar-refractivity contribution is 5.54. The molecule has 0 heterocycles. The topological polar surface area (TPSA) is 46.2 Å². The van der Waals surface area contributed by atoms with Crippen molar-refractivity contribution in [3.05, 3.63) is 29.3 Å². The minimum atomic E-state index is -0.381. The minimum Gasteiger partial charge on any atom is -0.398 e. The Bertz CT molecular complexity index is 367. The van der Waals surface area contributed by atoms with Gasteiger partial charge in [-0.2, -0.15) is 0 Å². The second-order valence-electron chi connectivity index (χ2n) is 5.27. The van der Waals surface area contributed by atoms with Gasteiger partial charge in [0, 0.05) is 11.3 Å². The van der Waals surface area contributed by atoms with E-state index in [0.717, 1.165) is 29.7 Å². The van der Waals surface area contributed by atoms with Crippen molar-refractivity contribution < 1.29 is 5.11 Å². The average molecular weight is 233 g/mol. The fraction of sp³-hybridized carbons (Fsp3) is 0.600. The Morgan fingerprint density at radius 1 is 1.18 bits per heavy atom. The molecule has 0 aromatic heterocycles. The summed E-state index contributed by atoms with van der Waals surface area (Å²) in [6.45, 7) is 2.00. The van der Waals surface area contributed by atoms with Gasteiger partial charge in [-0.3, -0.25) is 0 Å². The normalized spacial score (nSPS) is 19.9. The first-order chi connectivity index (χ1) is 8.20. The van der Waals surface area contributed by atoms with Gasteiger partial charge in [-0.1, -0.05) is 43.9 Å². The zero-order chi connectivity index (χ0) is 12.3. The third kappa shape index (κ3) is 2.81. The van der Waals surface area contributed by atoms with E-state index in [1.54, 1.807) is 0 Å². The summed E-state index contributed by atoms with van der Waals surface area (Å²) in [5.74, 6) is 0.390. The number of hydrogen-bond acceptors (Lipinski definition) is 2. The van der Waals surface area contributed by atoms with Gasteiger partial charge in [0.15, 0.2) is 0 Å². The van der Waals surface area contributed by atoms with Crippen molar-refractivity contribution in [3.8, 4) is 0 Å². The van der Waals surface area contributed by atoms with Crippen LogP contribution in [0.4, 0.5) is 5.69 Å². The van der Waals surface area contributed by atoms with E-state index < -0.39 is 0 Å². The van der Waals surface area contributed by atoms with Crippen molar-refractivity contribution in [2.75, 3.05) is 5.73 Å². The standard InChI is InChI=1S/C15H23NO/c1-11-7-6-10-13(14(11)16)15(17)12-8-4-2-3-5-9-12/h6-7,10,12,15,17H,2-5,8-9,16H2,1H3. The number of aliphatic hydroxyl groups is 1. The third-order valence-electron chi connectivity index (χ3n) is 4.02. The van der Waals surface area contributed by atoms with Crippen LogP contribution in [0, 0.1) is 12.8 Å². The van der Waals surface area contributed by atoms with E-state index in [9.17, 15) is 5.11 Å². The number of nitrogen functional groups attached to an aromatic ring is 1. The summed E-state index contributed by atoms with van der Waals surface area (Å²) in [4.78, 5) is 0. The van der Waals surface area contributed by atoms with Crippen LogP contribution in [0.5, 0.6) is 0 Å². The summed E-state index contributed by atoms with van der Waals surface area (Å²) in [7, 11) is 0. The first-order valence-electron chi connectivity index (χ1n) is 6.73. The van der Waals surface area contributed by atoms with Crippen molar-refractivity contribution in [2.24, 2.45) is 5.92 Å². The number of hydrogen-bond donors (Lipinski definition) is 2. The van der Waals surface area contributed by atoms with Crippen LogP contribution in [0.25, 0.3) is 0 Å². The molecular formula is C15H23NO. The van der Waals surface area contributed by atoms with Crippen molar-refractivity contribution >= 4 is 5.69 Å². The Kier molecular flexibility index (Phi) is 4.06. The molecule has 1 aromatic carbocycles. The predicted molar refractivity (Wildman–Crippen MR) is 71.7 cm³/mol. The molecule has 0 amide bonds. The maximum Gasteiger partial charge on any atom is 0.0838 e. The summed E-state index contributed by atoms with van der Waals surface area (Å²) in [6, 6.07) is 5.96. The van der Waals surface area contributed by atoms with E-state index in [4.69, 9.17) is 5.73 Å². The van der Waals surface area contributed by atoms with E-state index in [0.29, 0.717) is 5.92 Å². The van der Waals surface area contributed by atoms with E-state index in [-0.39, 0.29) is 6.10 Å². The molecule has 1 unspecified atom stereocenters. The van der Waals surface area contributed by atoms with Gasteiger partial charge in [0.05, 0.1) is 6.10 Å². The largest absolute Gasteiger partial charge is 0.398 e. The van der Waals surface area contributed by atoms with Crippen LogP contribution in [-0.4, -0.2) is 5.11 Å².